The third-order valence-electron chi connectivity index (χ3n) is 8.08. The SMILES string of the molecule is COC(=O)[C@H]1CCC2C3CNC4=CC(=O)CC[C@]4(C)C3CC[C@@]21C. The number of carbonyl (C=O) groups is 2. The molecule has 0 aromatic carbocycles. The van der Waals surface area contributed by atoms with Gasteiger partial charge in [-0.05, 0) is 55.3 Å². The van der Waals surface area contributed by atoms with Crippen molar-refractivity contribution in [3.63, 3.8) is 0 Å². The van der Waals surface area contributed by atoms with E-state index in [9.17, 15) is 9.59 Å². The second-order valence-electron chi connectivity index (χ2n) is 8.90. The maximum Gasteiger partial charge on any atom is 0.309 e. The molecule has 2 saturated carbocycles. The molecule has 0 spiro atoms. The number of allylic oxidation sites excluding steroid dienone is 2. The molecule has 0 aromatic rings. The number of esters is 1. The van der Waals surface area contributed by atoms with Crippen molar-refractivity contribution >= 4 is 11.8 Å². The third-order valence-corrected chi connectivity index (χ3v) is 8.08. The zero-order valence-electron chi connectivity index (χ0n) is 15.1. The number of ether oxygens (including phenoxy) is 1. The Kier molecular flexibility index (Phi) is 3.59. The lowest BCUT2D eigenvalue weighted by molar-refractivity contribution is -0.152. The van der Waals surface area contributed by atoms with E-state index in [1.165, 1.54) is 12.8 Å². The average Bonchev–Trinajstić information content (AvgIpc) is 2.92. The Labute approximate surface area is 144 Å². The molecule has 132 valence electrons. The molecule has 0 bridgehead atoms. The first kappa shape index (κ1) is 16.2. The van der Waals surface area contributed by atoms with Crippen molar-refractivity contribution in [1.82, 2.24) is 5.32 Å². The minimum absolute atomic E-state index is 0.0164. The summed E-state index contributed by atoms with van der Waals surface area (Å²) in [5.41, 5.74) is 1.37. The number of rotatable bonds is 1. The summed E-state index contributed by atoms with van der Waals surface area (Å²) in [4.78, 5) is 24.1. The second kappa shape index (κ2) is 5.34. The first-order valence-corrected chi connectivity index (χ1v) is 9.47. The minimum Gasteiger partial charge on any atom is -0.469 e. The molecule has 24 heavy (non-hydrogen) atoms. The number of methoxy groups -OCH3 is 1. The lowest BCUT2D eigenvalue weighted by atomic mass is 9.50. The molecule has 0 aromatic heterocycles. The lowest BCUT2D eigenvalue weighted by Crippen LogP contribution is -2.57. The molecule has 4 nitrogen and oxygen atoms in total. The fourth-order valence-corrected chi connectivity index (χ4v) is 6.67. The number of hydrogen-bond donors (Lipinski definition) is 1. The second-order valence-corrected chi connectivity index (χ2v) is 8.90. The van der Waals surface area contributed by atoms with E-state index >= 15 is 0 Å². The number of nitrogens with one attached hydrogen (secondary N) is 1. The maximum atomic E-state index is 12.3. The molecule has 6 atom stereocenters. The van der Waals surface area contributed by atoms with Crippen LogP contribution in [-0.4, -0.2) is 25.4 Å². The molecule has 0 amide bonds. The van der Waals surface area contributed by atoms with Gasteiger partial charge in [0.25, 0.3) is 0 Å². The monoisotopic (exact) mass is 331 g/mol. The quantitative estimate of drug-likeness (QED) is 0.750. The highest BCUT2D eigenvalue weighted by Gasteiger charge is 2.60. The number of hydrogen-bond acceptors (Lipinski definition) is 4. The molecule has 4 heteroatoms. The largest absolute Gasteiger partial charge is 0.469 e. The topological polar surface area (TPSA) is 55.4 Å². The lowest BCUT2D eigenvalue weighted by Gasteiger charge is -2.57. The van der Waals surface area contributed by atoms with Gasteiger partial charge in [-0.15, -0.1) is 0 Å². The van der Waals surface area contributed by atoms with Crippen LogP contribution in [0.3, 0.4) is 0 Å². The van der Waals surface area contributed by atoms with Crippen molar-refractivity contribution in [3.8, 4) is 0 Å². The molecule has 1 heterocycles. The molecule has 4 rings (SSSR count). The van der Waals surface area contributed by atoms with Gasteiger partial charge >= 0.3 is 5.97 Å². The summed E-state index contributed by atoms with van der Waals surface area (Å²) in [6, 6.07) is 0. The van der Waals surface area contributed by atoms with Crippen LogP contribution in [-0.2, 0) is 14.3 Å². The molecule has 1 aliphatic heterocycles. The zero-order valence-corrected chi connectivity index (χ0v) is 15.1. The first-order chi connectivity index (χ1) is 11.4. The van der Waals surface area contributed by atoms with E-state index in [-0.39, 0.29) is 28.5 Å². The standard InChI is InChI=1S/C20H29NO3/c1-19-9-7-15-13(14(19)4-5-16(19)18(23)24-3)11-21-17-10-12(22)6-8-20(15,17)2/h10,13-16,21H,4-9,11H2,1-3H3/t13?,14?,15?,16-,19+,20-/m1/s1. The van der Waals surface area contributed by atoms with Gasteiger partial charge < -0.3 is 10.1 Å². The van der Waals surface area contributed by atoms with Crippen molar-refractivity contribution in [2.24, 2.45) is 34.5 Å². The van der Waals surface area contributed by atoms with E-state index in [1.54, 1.807) is 0 Å². The molecule has 0 radical (unpaired) electrons. The Balaban J connectivity index is 1.65. The Morgan fingerprint density at radius 1 is 1.21 bits per heavy atom. The van der Waals surface area contributed by atoms with Crippen molar-refractivity contribution in [3.05, 3.63) is 11.8 Å². The van der Waals surface area contributed by atoms with Gasteiger partial charge in [-0.1, -0.05) is 13.8 Å². The molecule has 4 aliphatic rings. The zero-order chi connectivity index (χ0) is 17.1. The van der Waals surface area contributed by atoms with Gasteiger partial charge in [0.2, 0.25) is 0 Å². The fourth-order valence-electron chi connectivity index (χ4n) is 6.67. The molecule has 3 aliphatic carbocycles. The van der Waals surface area contributed by atoms with Gasteiger partial charge in [-0.2, -0.15) is 0 Å². The maximum absolute atomic E-state index is 12.3. The Bertz CT molecular complexity index is 612. The van der Waals surface area contributed by atoms with Crippen LogP contribution in [0.2, 0.25) is 0 Å². The van der Waals surface area contributed by atoms with Crippen LogP contribution < -0.4 is 5.32 Å². The summed E-state index contributed by atoms with van der Waals surface area (Å²) in [7, 11) is 1.52. The average molecular weight is 331 g/mol. The normalized spacial score (nSPS) is 47.0. The van der Waals surface area contributed by atoms with E-state index in [0.717, 1.165) is 38.6 Å². The summed E-state index contributed by atoms with van der Waals surface area (Å²) in [5.74, 6) is 2.13. The van der Waals surface area contributed by atoms with Crippen LogP contribution in [0.4, 0.5) is 0 Å². The highest BCUT2D eigenvalue weighted by atomic mass is 16.5. The van der Waals surface area contributed by atoms with Crippen LogP contribution in [0.5, 0.6) is 0 Å². The van der Waals surface area contributed by atoms with E-state index in [0.29, 0.717) is 24.2 Å². The fraction of sp³-hybridized carbons (Fsp3) is 0.800. The van der Waals surface area contributed by atoms with Gasteiger partial charge in [0.05, 0.1) is 13.0 Å². The summed E-state index contributed by atoms with van der Waals surface area (Å²) < 4.78 is 5.10. The third kappa shape index (κ3) is 2.04. The van der Waals surface area contributed by atoms with Crippen LogP contribution in [0.15, 0.2) is 11.8 Å². The molecule has 3 unspecified atom stereocenters. The highest BCUT2D eigenvalue weighted by Crippen LogP contribution is 2.64. The molecule has 1 N–H and O–H groups in total. The Morgan fingerprint density at radius 3 is 2.75 bits per heavy atom. The van der Waals surface area contributed by atoms with Gasteiger partial charge in [-0.3, -0.25) is 9.59 Å². The van der Waals surface area contributed by atoms with Gasteiger partial charge in [0.15, 0.2) is 5.78 Å². The molecule has 1 saturated heterocycles. The summed E-state index contributed by atoms with van der Waals surface area (Å²) in [5, 5.41) is 3.60. The van der Waals surface area contributed by atoms with Gasteiger partial charge in [0.1, 0.15) is 0 Å². The number of carbonyl (C=O) groups excluding carboxylic acids is 2. The molecular weight excluding hydrogens is 302 g/mol. The van der Waals surface area contributed by atoms with E-state index in [1.807, 2.05) is 6.08 Å². The summed E-state index contributed by atoms with van der Waals surface area (Å²) in [6.07, 6.45) is 7.87. The van der Waals surface area contributed by atoms with Crippen LogP contribution >= 0.6 is 0 Å². The van der Waals surface area contributed by atoms with Crippen molar-refractivity contribution in [2.75, 3.05) is 13.7 Å². The highest BCUT2D eigenvalue weighted by molar-refractivity contribution is 5.91. The van der Waals surface area contributed by atoms with E-state index < -0.39 is 0 Å². The van der Waals surface area contributed by atoms with Crippen molar-refractivity contribution in [1.29, 1.82) is 0 Å². The molecule has 3 fully saturated rings. The number of fused-ring (bicyclic) bond motifs is 5. The Morgan fingerprint density at radius 2 is 2.00 bits per heavy atom. The van der Waals surface area contributed by atoms with Crippen LogP contribution in [0.1, 0.15) is 52.4 Å². The van der Waals surface area contributed by atoms with Crippen LogP contribution in [0.25, 0.3) is 0 Å². The predicted molar refractivity (Wildman–Crippen MR) is 91.0 cm³/mol. The summed E-state index contributed by atoms with van der Waals surface area (Å²) >= 11 is 0. The predicted octanol–water partition coefficient (Wildman–Crippen LogP) is 3.07. The first-order valence-electron chi connectivity index (χ1n) is 9.47. The van der Waals surface area contributed by atoms with Gasteiger partial charge in [-0.25, -0.2) is 0 Å². The minimum atomic E-state index is -0.0164. The molecular formula is C20H29NO3. The summed E-state index contributed by atoms with van der Waals surface area (Å²) in [6.45, 7) is 5.62. The smallest absolute Gasteiger partial charge is 0.309 e. The van der Waals surface area contributed by atoms with E-state index in [2.05, 4.69) is 19.2 Å². The van der Waals surface area contributed by atoms with Gasteiger partial charge in [0, 0.05) is 30.2 Å². The Hall–Kier alpha value is -1.32. The number of ketones is 1. The van der Waals surface area contributed by atoms with Crippen molar-refractivity contribution in [2.45, 2.75) is 52.4 Å². The number of piperidine rings is 1. The van der Waals surface area contributed by atoms with E-state index in [4.69, 9.17) is 4.74 Å². The van der Waals surface area contributed by atoms with Crippen molar-refractivity contribution < 1.29 is 14.3 Å². The van der Waals surface area contributed by atoms with Crippen LogP contribution in [0, 0.1) is 34.5 Å².